The number of anilines is 1. The number of hydrogen-bond donors (Lipinski definition) is 1. The molecule has 2 N–H and O–H groups in total. The number of carbonyl (C=O) groups excluding carboxylic acids is 2. The van der Waals surface area contributed by atoms with Crippen LogP contribution in [-0.2, 0) is 19.1 Å². The SMILES string of the molecule is COC(=O)C1=C(C(=O)OC)N(c2cccc(-c3nc(-c4ccc(C)cc4)cs3)c2)C(N)=C(C#N)C1c1ccccc1. The Morgan fingerprint density at radius 1 is 0.951 bits per heavy atom. The number of rotatable bonds is 6. The Morgan fingerprint density at radius 2 is 1.66 bits per heavy atom. The molecule has 4 aromatic rings. The number of ether oxygens (including phenoxy) is 2. The molecule has 0 saturated heterocycles. The van der Waals surface area contributed by atoms with E-state index in [1.165, 1.54) is 30.5 Å². The Kier molecular flexibility index (Phi) is 7.68. The quantitative estimate of drug-likeness (QED) is 0.298. The van der Waals surface area contributed by atoms with Gasteiger partial charge >= 0.3 is 11.9 Å². The highest BCUT2D eigenvalue weighted by Crippen LogP contribution is 2.44. The zero-order valence-corrected chi connectivity index (χ0v) is 23.4. The zero-order valence-electron chi connectivity index (χ0n) is 22.6. The number of aromatic nitrogens is 1. The third-order valence-corrected chi connectivity index (χ3v) is 7.70. The highest BCUT2D eigenvalue weighted by atomic mass is 32.1. The van der Waals surface area contributed by atoms with E-state index in [1.54, 1.807) is 42.5 Å². The average molecular weight is 563 g/mol. The van der Waals surface area contributed by atoms with Gasteiger partial charge in [-0.1, -0.05) is 72.3 Å². The summed E-state index contributed by atoms with van der Waals surface area (Å²) in [4.78, 5) is 32.8. The summed E-state index contributed by atoms with van der Waals surface area (Å²) in [6, 6.07) is 26.4. The molecule has 0 bridgehead atoms. The molecule has 0 spiro atoms. The highest BCUT2D eigenvalue weighted by Gasteiger charge is 2.43. The largest absolute Gasteiger partial charge is 0.466 e. The molecule has 41 heavy (non-hydrogen) atoms. The number of thiazole rings is 1. The van der Waals surface area contributed by atoms with Gasteiger partial charge in [-0.2, -0.15) is 5.26 Å². The first-order valence-corrected chi connectivity index (χ1v) is 13.5. The summed E-state index contributed by atoms with van der Waals surface area (Å²) in [6.07, 6.45) is 0. The first kappa shape index (κ1) is 27.4. The number of methoxy groups -OCH3 is 2. The van der Waals surface area contributed by atoms with Gasteiger partial charge in [-0.25, -0.2) is 14.6 Å². The number of carbonyl (C=O) groups is 2. The van der Waals surface area contributed by atoms with Crippen molar-refractivity contribution >= 4 is 29.0 Å². The van der Waals surface area contributed by atoms with E-state index in [9.17, 15) is 14.9 Å². The number of allylic oxidation sites excluding steroid dienone is 1. The van der Waals surface area contributed by atoms with Gasteiger partial charge in [0.1, 0.15) is 16.5 Å². The maximum atomic E-state index is 13.3. The maximum absolute atomic E-state index is 13.3. The molecule has 9 heteroatoms. The van der Waals surface area contributed by atoms with Crippen LogP contribution in [0.3, 0.4) is 0 Å². The minimum Gasteiger partial charge on any atom is -0.466 e. The van der Waals surface area contributed by atoms with Crippen molar-refractivity contribution in [2.45, 2.75) is 12.8 Å². The first-order valence-electron chi connectivity index (χ1n) is 12.7. The molecule has 5 rings (SSSR count). The van der Waals surface area contributed by atoms with Crippen LogP contribution in [0.1, 0.15) is 17.0 Å². The van der Waals surface area contributed by atoms with Crippen molar-refractivity contribution in [2.75, 3.05) is 19.1 Å². The number of aryl methyl sites for hydroxylation is 1. The summed E-state index contributed by atoms with van der Waals surface area (Å²) in [6.45, 7) is 2.03. The standard InChI is InChI=1S/C32H26N4O4S/c1-19-12-14-20(15-13-19)25-18-41-30(35-25)22-10-7-11-23(16-22)36-28(32(38)40-3)27(31(37)39-2)26(24(17-33)29(36)34)21-8-5-4-6-9-21/h4-16,18,26H,34H2,1-3H3. The summed E-state index contributed by atoms with van der Waals surface area (Å²) < 4.78 is 10.2. The fourth-order valence-electron chi connectivity index (χ4n) is 4.82. The van der Waals surface area contributed by atoms with E-state index in [2.05, 4.69) is 6.07 Å². The summed E-state index contributed by atoms with van der Waals surface area (Å²) in [5.74, 6) is -2.50. The fraction of sp³-hybridized carbons (Fsp3) is 0.125. The van der Waals surface area contributed by atoms with Crippen molar-refractivity contribution in [3.63, 3.8) is 0 Å². The van der Waals surface area contributed by atoms with E-state index in [-0.39, 0.29) is 22.7 Å². The van der Waals surface area contributed by atoms with Crippen molar-refractivity contribution in [2.24, 2.45) is 5.73 Å². The van der Waals surface area contributed by atoms with Gasteiger partial charge < -0.3 is 15.2 Å². The number of nitrogens with two attached hydrogens (primary N) is 1. The molecular weight excluding hydrogens is 536 g/mol. The monoisotopic (exact) mass is 562 g/mol. The van der Waals surface area contributed by atoms with Crippen LogP contribution in [0, 0.1) is 18.3 Å². The van der Waals surface area contributed by atoms with Crippen LogP contribution in [0.15, 0.2) is 107 Å². The Bertz CT molecular complexity index is 1730. The van der Waals surface area contributed by atoms with E-state index < -0.39 is 17.9 Å². The molecule has 0 fully saturated rings. The highest BCUT2D eigenvalue weighted by molar-refractivity contribution is 7.13. The summed E-state index contributed by atoms with van der Waals surface area (Å²) in [5.41, 5.74) is 11.4. The summed E-state index contributed by atoms with van der Waals surface area (Å²) >= 11 is 1.48. The lowest BCUT2D eigenvalue weighted by molar-refractivity contribution is -0.139. The Labute approximate surface area is 241 Å². The molecule has 1 aliphatic heterocycles. The third kappa shape index (κ3) is 5.09. The van der Waals surface area contributed by atoms with E-state index >= 15 is 0 Å². The molecule has 3 aromatic carbocycles. The van der Waals surface area contributed by atoms with Gasteiger partial charge in [0.05, 0.1) is 43.0 Å². The molecule has 1 aliphatic rings. The van der Waals surface area contributed by atoms with Crippen LogP contribution in [-0.4, -0.2) is 31.1 Å². The number of nitriles is 1. The van der Waals surface area contributed by atoms with Gasteiger partial charge in [0, 0.05) is 22.2 Å². The van der Waals surface area contributed by atoms with E-state index in [1.807, 2.05) is 48.7 Å². The van der Waals surface area contributed by atoms with Crippen molar-refractivity contribution < 1.29 is 19.1 Å². The predicted molar refractivity (Wildman–Crippen MR) is 157 cm³/mol. The second kappa shape index (κ2) is 11.5. The van der Waals surface area contributed by atoms with Gasteiger partial charge in [0.25, 0.3) is 0 Å². The predicted octanol–water partition coefficient (Wildman–Crippen LogP) is 5.68. The van der Waals surface area contributed by atoms with Crippen molar-refractivity contribution in [3.8, 4) is 27.9 Å². The van der Waals surface area contributed by atoms with Crippen LogP contribution >= 0.6 is 11.3 Å². The average Bonchev–Trinajstić information content (AvgIpc) is 3.51. The molecule has 1 unspecified atom stereocenters. The molecule has 8 nitrogen and oxygen atoms in total. The maximum Gasteiger partial charge on any atom is 0.355 e. The van der Waals surface area contributed by atoms with Crippen molar-refractivity contribution in [3.05, 3.63) is 118 Å². The second-order valence-corrected chi connectivity index (χ2v) is 10.1. The van der Waals surface area contributed by atoms with Crippen LogP contribution in [0.5, 0.6) is 0 Å². The van der Waals surface area contributed by atoms with Gasteiger partial charge in [0.2, 0.25) is 0 Å². The minimum atomic E-state index is -0.932. The molecule has 0 aliphatic carbocycles. The molecule has 1 aromatic heterocycles. The minimum absolute atomic E-state index is 0.00559. The number of esters is 2. The topological polar surface area (TPSA) is 119 Å². The number of nitrogens with zero attached hydrogens (tertiary/aromatic N) is 3. The molecule has 1 atom stereocenters. The van der Waals surface area contributed by atoms with E-state index in [0.717, 1.165) is 27.4 Å². The lowest BCUT2D eigenvalue weighted by Gasteiger charge is -2.36. The van der Waals surface area contributed by atoms with Gasteiger partial charge in [0.15, 0.2) is 0 Å². The Morgan fingerprint density at radius 3 is 2.32 bits per heavy atom. The van der Waals surface area contributed by atoms with Gasteiger partial charge in [-0.15, -0.1) is 11.3 Å². The van der Waals surface area contributed by atoms with Crippen LogP contribution < -0.4 is 10.6 Å². The lowest BCUT2D eigenvalue weighted by Crippen LogP contribution is -2.40. The zero-order chi connectivity index (χ0) is 29.1. The molecule has 0 saturated carbocycles. The van der Waals surface area contributed by atoms with E-state index in [0.29, 0.717) is 11.3 Å². The van der Waals surface area contributed by atoms with E-state index in [4.69, 9.17) is 20.2 Å². The van der Waals surface area contributed by atoms with Crippen molar-refractivity contribution in [1.29, 1.82) is 5.26 Å². The first-order chi connectivity index (χ1) is 19.9. The van der Waals surface area contributed by atoms with Crippen molar-refractivity contribution in [1.82, 2.24) is 4.98 Å². The number of benzene rings is 3. The molecule has 0 amide bonds. The van der Waals surface area contributed by atoms with Crippen LogP contribution in [0.25, 0.3) is 21.8 Å². The fourth-order valence-corrected chi connectivity index (χ4v) is 5.65. The normalized spacial score (nSPS) is 15.0. The number of hydrogen-bond acceptors (Lipinski definition) is 9. The third-order valence-electron chi connectivity index (χ3n) is 6.81. The van der Waals surface area contributed by atoms with Crippen LogP contribution in [0.2, 0.25) is 0 Å². The molecule has 0 radical (unpaired) electrons. The van der Waals surface area contributed by atoms with Gasteiger partial charge in [-0.05, 0) is 24.6 Å². The lowest BCUT2D eigenvalue weighted by atomic mass is 9.81. The van der Waals surface area contributed by atoms with Crippen LogP contribution in [0.4, 0.5) is 5.69 Å². The molecule has 204 valence electrons. The summed E-state index contributed by atoms with van der Waals surface area (Å²) in [5, 5.41) is 13.0. The Balaban J connectivity index is 1.67. The molecule has 2 heterocycles. The second-order valence-electron chi connectivity index (χ2n) is 9.29. The molecular formula is C32H26N4O4S. The summed E-state index contributed by atoms with van der Waals surface area (Å²) in [7, 11) is 2.44. The Hall–Kier alpha value is -5.20. The smallest absolute Gasteiger partial charge is 0.355 e. The van der Waals surface area contributed by atoms with Gasteiger partial charge in [-0.3, -0.25) is 4.90 Å².